The third-order valence-corrected chi connectivity index (χ3v) is 7.12. The zero-order valence-electron chi connectivity index (χ0n) is 15.3. The summed E-state index contributed by atoms with van der Waals surface area (Å²) in [6.07, 6.45) is 4.04. The van der Waals surface area contributed by atoms with Crippen LogP contribution in [0, 0.1) is 0 Å². The first-order valence-electron chi connectivity index (χ1n) is 9.21. The summed E-state index contributed by atoms with van der Waals surface area (Å²) in [5.74, 6) is 0.634. The molecule has 0 N–H and O–H groups in total. The third kappa shape index (κ3) is 4.19. The summed E-state index contributed by atoms with van der Waals surface area (Å²) >= 11 is 0. The van der Waals surface area contributed by atoms with Gasteiger partial charge in [-0.1, -0.05) is 12.8 Å². The predicted molar refractivity (Wildman–Crippen MR) is 99.4 cm³/mol. The fourth-order valence-corrected chi connectivity index (χ4v) is 5.14. The number of hydrogen-bond donors (Lipinski definition) is 0. The van der Waals surface area contributed by atoms with Crippen LogP contribution in [0.3, 0.4) is 0 Å². The summed E-state index contributed by atoms with van der Waals surface area (Å²) in [6.45, 7) is 2.73. The Hall–Kier alpha value is -1.64. The van der Waals surface area contributed by atoms with Gasteiger partial charge in [0, 0.05) is 44.8 Å². The van der Waals surface area contributed by atoms with Crippen molar-refractivity contribution in [2.24, 2.45) is 0 Å². The van der Waals surface area contributed by atoms with Crippen LogP contribution in [0.2, 0.25) is 0 Å². The lowest BCUT2D eigenvalue weighted by molar-refractivity contribution is 0.0694. The van der Waals surface area contributed by atoms with Crippen LogP contribution in [0.1, 0.15) is 36.0 Å². The van der Waals surface area contributed by atoms with Crippen molar-refractivity contribution in [3.8, 4) is 5.75 Å². The van der Waals surface area contributed by atoms with Crippen LogP contribution in [0.4, 0.5) is 0 Å². The minimum absolute atomic E-state index is 0.0699. The summed E-state index contributed by atoms with van der Waals surface area (Å²) in [5, 5.41) is 0. The molecule has 0 bridgehead atoms. The predicted octanol–water partition coefficient (Wildman–Crippen LogP) is 1.57. The number of carbonyl (C=O) groups excluding carboxylic acids is 1. The highest BCUT2D eigenvalue weighted by Crippen LogP contribution is 2.19. The minimum Gasteiger partial charge on any atom is -0.497 e. The van der Waals surface area contributed by atoms with Crippen LogP contribution in [-0.4, -0.2) is 74.2 Å². The molecule has 1 aromatic rings. The fourth-order valence-electron chi connectivity index (χ4n) is 3.47. The van der Waals surface area contributed by atoms with E-state index in [4.69, 9.17) is 4.74 Å². The van der Waals surface area contributed by atoms with E-state index in [1.54, 1.807) is 40.6 Å². The first-order chi connectivity index (χ1) is 12.5. The van der Waals surface area contributed by atoms with Gasteiger partial charge in [-0.05, 0) is 37.1 Å². The van der Waals surface area contributed by atoms with E-state index in [0.29, 0.717) is 50.6 Å². The lowest BCUT2D eigenvalue weighted by atomic mass is 10.2. The first-order valence-corrected chi connectivity index (χ1v) is 10.6. The highest BCUT2D eigenvalue weighted by Gasteiger charge is 2.33. The Morgan fingerprint density at radius 3 is 1.92 bits per heavy atom. The molecule has 1 aromatic carbocycles. The van der Waals surface area contributed by atoms with Gasteiger partial charge < -0.3 is 9.64 Å². The monoisotopic (exact) mass is 381 g/mol. The van der Waals surface area contributed by atoms with Gasteiger partial charge in [0.05, 0.1) is 7.11 Å². The van der Waals surface area contributed by atoms with Crippen molar-refractivity contribution in [3.05, 3.63) is 29.8 Å². The van der Waals surface area contributed by atoms with Crippen LogP contribution in [0.5, 0.6) is 5.75 Å². The van der Waals surface area contributed by atoms with E-state index in [2.05, 4.69) is 0 Å². The van der Waals surface area contributed by atoms with Crippen molar-refractivity contribution in [1.82, 2.24) is 13.5 Å². The number of methoxy groups -OCH3 is 1. The lowest BCUT2D eigenvalue weighted by Crippen LogP contribution is -2.54. The Morgan fingerprint density at radius 1 is 0.846 bits per heavy atom. The van der Waals surface area contributed by atoms with E-state index in [-0.39, 0.29) is 5.91 Å². The quantitative estimate of drug-likeness (QED) is 0.794. The van der Waals surface area contributed by atoms with Gasteiger partial charge in [-0.25, -0.2) is 0 Å². The molecule has 0 aliphatic carbocycles. The second kappa shape index (κ2) is 8.37. The van der Waals surface area contributed by atoms with E-state index in [1.807, 2.05) is 0 Å². The summed E-state index contributed by atoms with van der Waals surface area (Å²) < 4.78 is 33.9. The van der Waals surface area contributed by atoms with Crippen molar-refractivity contribution in [2.75, 3.05) is 46.4 Å². The molecule has 0 atom stereocenters. The number of carbonyl (C=O) groups is 1. The van der Waals surface area contributed by atoms with Gasteiger partial charge in [-0.3, -0.25) is 4.79 Å². The van der Waals surface area contributed by atoms with E-state index in [0.717, 1.165) is 25.7 Å². The van der Waals surface area contributed by atoms with Gasteiger partial charge in [0.15, 0.2) is 0 Å². The van der Waals surface area contributed by atoms with Crippen molar-refractivity contribution in [2.45, 2.75) is 25.7 Å². The average molecular weight is 381 g/mol. The second-order valence-corrected chi connectivity index (χ2v) is 8.67. The SMILES string of the molecule is COc1ccc(C(=O)N2CCN(S(=O)(=O)N3CCCCCC3)CC2)cc1. The number of piperazine rings is 1. The Labute approximate surface area is 155 Å². The highest BCUT2D eigenvalue weighted by molar-refractivity contribution is 7.86. The van der Waals surface area contributed by atoms with E-state index < -0.39 is 10.2 Å². The van der Waals surface area contributed by atoms with E-state index in [1.165, 1.54) is 4.31 Å². The highest BCUT2D eigenvalue weighted by atomic mass is 32.2. The maximum Gasteiger partial charge on any atom is 0.282 e. The Bertz CT molecular complexity index is 704. The van der Waals surface area contributed by atoms with Crippen molar-refractivity contribution < 1.29 is 17.9 Å². The van der Waals surface area contributed by atoms with Crippen LogP contribution in [0.25, 0.3) is 0 Å². The molecule has 144 valence electrons. The topological polar surface area (TPSA) is 70.2 Å². The third-order valence-electron chi connectivity index (χ3n) is 5.08. The van der Waals surface area contributed by atoms with Crippen molar-refractivity contribution >= 4 is 16.1 Å². The summed E-state index contributed by atoms with van der Waals surface area (Å²) in [5.41, 5.74) is 0.592. The zero-order chi connectivity index (χ0) is 18.6. The first kappa shape index (κ1) is 19.1. The second-order valence-electron chi connectivity index (χ2n) is 6.74. The molecule has 0 aromatic heterocycles. The number of nitrogens with zero attached hydrogens (tertiary/aromatic N) is 3. The van der Waals surface area contributed by atoms with Crippen LogP contribution in [0.15, 0.2) is 24.3 Å². The molecule has 3 rings (SSSR count). The largest absolute Gasteiger partial charge is 0.497 e. The smallest absolute Gasteiger partial charge is 0.282 e. The molecule has 2 fully saturated rings. The molecule has 26 heavy (non-hydrogen) atoms. The maximum absolute atomic E-state index is 12.8. The molecular weight excluding hydrogens is 354 g/mol. The van der Waals surface area contributed by atoms with E-state index >= 15 is 0 Å². The molecule has 0 saturated carbocycles. The number of ether oxygens (including phenoxy) is 1. The van der Waals surface area contributed by atoms with E-state index in [9.17, 15) is 13.2 Å². The Kier molecular flexibility index (Phi) is 6.16. The number of hydrogen-bond acceptors (Lipinski definition) is 4. The average Bonchev–Trinajstić information content (AvgIpc) is 2.98. The van der Waals surface area contributed by atoms with Crippen molar-refractivity contribution in [1.29, 1.82) is 0 Å². The molecule has 2 aliphatic heterocycles. The molecule has 0 unspecified atom stereocenters. The molecule has 8 heteroatoms. The Balaban J connectivity index is 1.60. The molecular formula is C18H27N3O4S. The van der Waals surface area contributed by atoms with Gasteiger partial charge in [-0.2, -0.15) is 17.0 Å². The van der Waals surface area contributed by atoms with Gasteiger partial charge in [-0.15, -0.1) is 0 Å². The maximum atomic E-state index is 12.8. The van der Waals surface area contributed by atoms with Gasteiger partial charge in [0.1, 0.15) is 5.75 Å². The molecule has 1 amide bonds. The molecule has 2 aliphatic rings. The minimum atomic E-state index is -3.42. The van der Waals surface area contributed by atoms with Gasteiger partial charge in [0.25, 0.3) is 16.1 Å². The standard InChI is InChI=1S/C18H27N3O4S/c1-25-17-8-6-16(7-9-17)18(22)19-12-14-21(15-13-19)26(23,24)20-10-4-2-3-5-11-20/h6-9H,2-5,10-15H2,1H3. The lowest BCUT2D eigenvalue weighted by Gasteiger charge is -2.36. The molecule has 2 saturated heterocycles. The van der Waals surface area contributed by atoms with Gasteiger partial charge >= 0.3 is 0 Å². The fraction of sp³-hybridized carbons (Fsp3) is 0.611. The normalized spacial score (nSPS) is 20.6. The number of rotatable bonds is 4. The molecule has 0 spiro atoms. The van der Waals surface area contributed by atoms with Crippen molar-refractivity contribution in [3.63, 3.8) is 0 Å². The Morgan fingerprint density at radius 2 is 1.38 bits per heavy atom. The summed E-state index contributed by atoms with van der Waals surface area (Å²) in [7, 11) is -1.83. The van der Waals surface area contributed by atoms with Crippen LogP contribution in [-0.2, 0) is 10.2 Å². The van der Waals surface area contributed by atoms with Crippen LogP contribution >= 0.6 is 0 Å². The molecule has 0 radical (unpaired) electrons. The molecule has 2 heterocycles. The van der Waals surface area contributed by atoms with Crippen LogP contribution < -0.4 is 4.74 Å². The number of benzene rings is 1. The van der Waals surface area contributed by atoms with Gasteiger partial charge in [0.2, 0.25) is 0 Å². The zero-order valence-corrected chi connectivity index (χ0v) is 16.1. The summed E-state index contributed by atoms with van der Waals surface area (Å²) in [6, 6.07) is 6.99. The molecule has 7 nitrogen and oxygen atoms in total. The summed E-state index contributed by atoms with van der Waals surface area (Å²) in [4.78, 5) is 14.3. The number of amides is 1.